The van der Waals surface area contributed by atoms with Crippen molar-refractivity contribution in [1.29, 1.82) is 0 Å². The molecule has 0 aliphatic rings. The van der Waals surface area contributed by atoms with Gasteiger partial charge in [0.05, 0.1) is 0 Å². The number of hydrogen-bond acceptors (Lipinski definition) is 2. The quantitative estimate of drug-likeness (QED) is 0.454. The fraction of sp³-hybridized carbons (Fsp3) is 0. The van der Waals surface area contributed by atoms with Gasteiger partial charge in [-0.25, -0.2) is 0 Å². The number of phenolic OH excluding ortho intramolecular Hbond substituents is 1. The summed E-state index contributed by atoms with van der Waals surface area (Å²) in [7, 11) is 30.3. The molecule has 106 valence electrons. The first-order valence-electron chi connectivity index (χ1n) is 7.56. The summed E-state index contributed by atoms with van der Waals surface area (Å²) in [5.74, 6) is 0.127. The van der Waals surface area contributed by atoms with E-state index in [-0.39, 0.29) is 33.1 Å². The van der Waals surface area contributed by atoms with E-state index in [0.29, 0.717) is 22.3 Å². The van der Waals surface area contributed by atoms with Crippen molar-refractivity contribution in [3.8, 4) is 16.9 Å². The molecule has 1 aromatic heterocycles. The lowest BCUT2D eigenvalue weighted by molar-refractivity contribution is 0.476. The SMILES string of the molecule is [B]c1c([B])c([B])c(-c2cccc3oc4ccc(O)cc4c23)c([B])c1[B]. The van der Waals surface area contributed by atoms with Crippen LogP contribution in [0.2, 0.25) is 0 Å². The van der Waals surface area contributed by atoms with Gasteiger partial charge in [0.15, 0.2) is 0 Å². The van der Waals surface area contributed by atoms with Crippen LogP contribution in [-0.2, 0) is 0 Å². The molecule has 0 saturated carbocycles. The van der Waals surface area contributed by atoms with Gasteiger partial charge < -0.3 is 9.52 Å². The van der Waals surface area contributed by atoms with E-state index in [0.717, 1.165) is 10.8 Å². The predicted octanol–water partition coefficient (Wildman–Crippen LogP) is -1.07. The van der Waals surface area contributed by atoms with Crippen LogP contribution in [0.25, 0.3) is 33.1 Å². The van der Waals surface area contributed by atoms with Gasteiger partial charge in [-0.05, 0) is 35.4 Å². The van der Waals surface area contributed by atoms with Gasteiger partial charge in [-0.2, -0.15) is 0 Å². The van der Waals surface area contributed by atoms with Gasteiger partial charge in [0, 0.05) is 10.8 Å². The zero-order valence-electron chi connectivity index (χ0n) is 13.2. The van der Waals surface area contributed by atoms with Crippen LogP contribution in [0.4, 0.5) is 0 Å². The minimum absolute atomic E-state index is 0.127. The molecule has 7 heteroatoms. The van der Waals surface area contributed by atoms with Crippen LogP contribution in [0, 0.1) is 0 Å². The lowest BCUT2D eigenvalue weighted by Crippen LogP contribution is -2.55. The second-order valence-corrected chi connectivity index (χ2v) is 5.90. The summed E-state index contributed by atoms with van der Waals surface area (Å²) in [4.78, 5) is 0. The normalized spacial score (nSPS) is 11.4. The van der Waals surface area contributed by atoms with Crippen molar-refractivity contribution < 1.29 is 9.52 Å². The highest BCUT2D eigenvalue weighted by molar-refractivity contribution is 6.68. The maximum Gasteiger partial charge on any atom is 0.136 e. The minimum atomic E-state index is 0.127. The number of aromatic hydroxyl groups is 1. The maximum atomic E-state index is 9.86. The Balaban J connectivity index is 2.20. The molecular weight excluding hydrogens is 302 g/mol. The Morgan fingerprint density at radius 1 is 0.720 bits per heavy atom. The molecule has 0 amide bonds. The molecule has 1 N–H and O–H groups in total. The highest BCUT2D eigenvalue weighted by atomic mass is 16.3. The van der Waals surface area contributed by atoms with E-state index in [1.807, 2.05) is 18.2 Å². The van der Waals surface area contributed by atoms with E-state index in [4.69, 9.17) is 43.6 Å². The number of fused-ring (bicyclic) bond motifs is 3. The summed E-state index contributed by atoms with van der Waals surface area (Å²) in [6.45, 7) is 0. The lowest BCUT2D eigenvalue weighted by Gasteiger charge is -2.21. The van der Waals surface area contributed by atoms with Crippen LogP contribution in [0.15, 0.2) is 40.8 Å². The Hall–Kier alpha value is -2.42. The van der Waals surface area contributed by atoms with Gasteiger partial charge >= 0.3 is 0 Å². The summed E-state index contributed by atoms with van der Waals surface area (Å²) in [5, 5.41) is 11.3. The Morgan fingerprint density at radius 2 is 1.36 bits per heavy atom. The summed E-state index contributed by atoms with van der Waals surface area (Å²) < 4.78 is 5.85. The molecule has 4 aromatic rings. The van der Waals surface area contributed by atoms with Gasteiger partial charge in [-0.15, -0.1) is 16.4 Å². The Kier molecular flexibility index (Phi) is 3.57. The monoisotopic (exact) mass is 310 g/mol. The van der Waals surface area contributed by atoms with Crippen LogP contribution in [0.3, 0.4) is 0 Å². The third-order valence-corrected chi connectivity index (χ3v) is 4.45. The number of benzene rings is 3. The van der Waals surface area contributed by atoms with Crippen molar-refractivity contribution in [2.24, 2.45) is 0 Å². The van der Waals surface area contributed by atoms with Gasteiger partial charge in [-0.1, -0.05) is 23.1 Å². The predicted molar refractivity (Wildman–Crippen MR) is 108 cm³/mol. The van der Waals surface area contributed by atoms with Crippen molar-refractivity contribution >= 4 is 88.5 Å². The second kappa shape index (κ2) is 5.55. The van der Waals surface area contributed by atoms with Crippen LogP contribution in [-0.4, -0.2) is 44.3 Å². The second-order valence-electron chi connectivity index (χ2n) is 5.90. The average molecular weight is 309 g/mol. The molecule has 0 unspecified atom stereocenters. The third-order valence-electron chi connectivity index (χ3n) is 4.45. The number of phenols is 1. The first kappa shape index (κ1) is 16.1. The molecule has 25 heavy (non-hydrogen) atoms. The highest BCUT2D eigenvalue weighted by Gasteiger charge is 2.17. The molecule has 0 bridgehead atoms. The third kappa shape index (κ3) is 2.26. The van der Waals surface area contributed by atoms with Crippen molar-refractivity contribution in [1.82, 2.24) is 0 Å². The molecule has 3 aromatic carbocycles. The van der Waals surface area contributed by atoms with Crippen molar-refractivity contribution in [2.75, 3.05) is 0 Å². The number of furan rings is 1. The zero-order valence-corrected chi connectivity index (χ0v) is 13.2. The molecule has 0 fully saturated rings. The molecule has 0 saturated heterocycles. The van der Waals surface area contributed by atoms with E-state index in [1.165, 1.54) is 0 Å². The standard InChI is InChI=1S/C18H7B5O2/c19-14-13(15(20)17(22)18(23)16(14)21)8-2-1-3-11-12(8)9-6-7(24)4-5-10(9)25-11/h1-6,24H. The molecule has 1 heterocycles. The van der Waals surface area contributed by atoms with E-state index in [1.54, 1.807) is 18.2 Å². The molecule has 0 spiro atoms. The molecule has 2 nitrogen and oxygen atoms in total. The highest BCUT2D eigenvalue weighted by Crippen LogP contribution is 2.36. The van der Waals surface area contributed by atoms with E-state index in [2.05, 4.69) is 0 Å². The van der Waals surface area contributed by atoms with Gasteiger partial charge in [-0.3, -0.25) is 0 Å². The van der Waals surface area contributed by atoms with E-state index in [9.17, 15) is 5.11 Å². The molecule has 0 atom stereocenters. The van der Waals surface area contributed by atoms with Gasteiger partial charge in [0.2, 0.25) is 0 Å². The largest absolute Gasteiger partial charge is 0.508 e. The first-order valence-corrected chi connectivity index (χ1v) is 7.56. The minimum Gasteiger partial charge on any atom is -0.508 e. The summed E-state index contributed by atoms with van der Waals surface area (Å²) >= 11 is 0. The van der Waals surface area contributed by atoms with Crippen molar-refractivity contribution in [3.05, 3.63) is 36.4 Å². The van der Waals surface area contributed by atoms with Crippen molar-refractivity contribution in [2.45, 2.75) is 0 Å². The zero-order chi connectivity index (χ0) is 17.9. The van der Waals surface area contributed by atoms with Crippen LogP contribution in [0.1, 0.15) is 0 Å². The van der Waals surface area contributed by atoms with Gasteiger partial charge in [0.25, 0.3) is 0 Å². The fourth-order valence-corrected chi connectivity index (χ4v) is 3.16. The molecule has 0 aliphatic carbocycles. The maximum absolute atomic E-state index is 9.86. The number of hydrogen-bond donors (Lipinski definition) is 1. The summed E-state index contributed by atoms with van der Waals surface area (Å²) in [6.07, 6.45) is 0. The van der Waals surface area contributed by atoms with Crippen molar-refractivity contribution in [3.63, 3.8) is 0 Å². The first-order chi connectivity index (χ1) is 11.9. The number of rotatable bonds is 1. The Bertz CT molecular complexity index is 1130. The molecular formula is C18H7B5O2. The summed E-state index contributed by atoms with van der Waals surface area (Å²) in [5.41, 5.74) is 3.53. The Labute approximate surface area is 151 Å². The molecule has 4 rings (SSSR count). The lowest BCUT2D eigenvalue weighted by atomic mass is 9.59. The topological polar surface area (TPSA) is 33.4 Å². The van der Waals surface area contributed by atoms with E-state index >= 15 is 0 Å². The average Bonchev–Trinajstić information content (AvgIpc) is 2.97. The Morgan fingerprint density at radius 3 is 2.04 bits per heavy atom. The van der Waals surface area contributed by atoms with Crippen LogP contribution >= 0.6 is 0 Å². The fourth-order valence-electron chi connectivity index (χ4n) is 3.16. The smallest absolute Gasteiger partial charge is 0.136 e. The molecule has 0 aliphatic heterocycles. The van der Waals surface area contributed by atoms with Crippen LogP contribution in [0.5, 0.6) is 5.75 Å². The van der Waals surface area contributed by atoms with Crippen LogP contribution < -0.4 is 27.3 Å². The summed E-state index contributed by atoms with van der Waals surface area (Å²) in [6, 6.07) is 10.4. The van der Waals surface area contributed by atoms with E-state index < -0.39 is 0 Å². The molecule has 10 radical (unpaired) electrons. The van der Waals surface area contributed by atoms with Gasteiger partial charge in [0.1, 0.15) is 56.1 Å².